The van der Waals surface area contributed by atoms with Gasteiger partial charge in [-0.25, -0.2) is 10.2 Å². The molecular weight excluding hydrogens is 262 g/mol. The standard InChI is InChI=1S/C13H17N3O4/c1-8(2)12(17)20-10-5-4-9(6-11(10)19-3)7-15-16-13(14)18/h4-8H,1-3H3,(H3,14,16,18). The van der Waals surface area contributed by atoms with Crippen LogP contribution in [0.2, 0.25) is 0 Å². The summed E-state index contributed by atoms with van der Waals surface area (Å²) in [5.74, 6) is 0.133. The Morgan fingerprint density at radius 1 is 1.35 bits per heavy atom. The second kappa shape index (κ2) is 7.13. The molecular formula is C13H17N3O4. The molecule has 3 N–H and O–H groups in total. The van der Waals surface area contributed by atoms with Crippen LogP contribution in [0.1, 0.15) is 19.4 Å². The summed E-state index contributed by atoms with van der Waals surface area (Å²) in [6.07, 6.45) is 1.39. The van der Waals surface area contributed by atoms with E-state index in [-0.39, 0.29) is 11.9 Å². The van der Waals surface area contributed by atoms with E-state index in [0.29, 0.717) is 17.1 Å². The Morgan fingerprint density at radius 2 is 2.05 bits per heavy atom. The van der Waals surface area contributed by atoms with E-state index >= 15 is 0 Å². The van der Waals surface area contributed by atoms with E-state index in [4.69, 9.17) is 15.2 Å². The molecule has 0 aliphatic carbocycles. The van der Waals surface area contributed by atoms with Crippen LogP contribution in [0.3, 0.4) is 0 Å². The summed E-state index contributed by atoms with van der Waals surface area (Å²) in [5, 5.41) is 3.62. The molecule has 0 atom stereocenters. The Kier molecular flexibility index (Phi) is 5.52. The summed E-state index contributed by atoms with van der Waals surface area (Å²) in [5.41, 5.74) is 7.60. The minimum atomic E-state index is -0.754. The van der Waals surface area contributed by atoms with Crippen molar-refractivity contribution in [2.24, 2.45) is 16.8 Å². The highest BCUT2D eigenvalue weighted by molar-refractivity contribution is 5.83. The van der Waals surface area contributed by atoms with Gasteiger partial charge in [0.15, 0.2) is 11.5 Å². The van der Waals surface area contributed by atoms with E-state index in [1.54, 1.807) is 32.0 Å². The van der Waals surface area contributed by atoms with Crippen LogP contribution in [0.4, 0.5) is 4.79 Å². The van der Waals surface area contributed by atoms with Gasteiger partial charge >= 0.3 is 12.0 Å². The van der Waals surface area contributed by atoms with E-state index in [1.807, 2.05) is 0 Å². The number of nitrogens with two attached hydrogens (primary N) is 1. The molecule has 7 heteroatoms. The predicted octanol–water partition coefficient (Wildman–Crippen LogP) is 1.26. The molecule has 0 unspecified atom stereocenters. The summed E-state index contributed by atoms with van der Waals surface area (Å²) in [6.45, 7) is 3.48. The second-order valence-corrected chi connectivity index (χ2v) is 4.22. The number of nitrogens with one attached hydrogen (secondary N) is 1. The van der Waals surface area contributed by atoms with Gasteiger partial charge in [-0.2, -0.15) is 5.10 Å². The fourth-order valence-electron chi connectivity index (χ4n) is 1.25. The summed E-state index contributed by atoms with van der Waals surface area (Å²) < 4.78 is 10.3. The van der Waals surface area contributed by atoms with Gasteiger partial charge in [0.25, 0.3) is 0 Å². The minimum Gasteiger partial charge on any atom is -0.493 e. The number of hydrogen-bond donors (Lipinski definition) is 2. The van der Waals surface area contributed by atoms with Crippen LogP contribution < -0.4 is 20.6 Å². The van der Waals surface area contributed by atoms with Crippen LogP contribution in [0.5, 0.6) is 11.5 Å². The van der Waals surface area contributed by atoms with Gasteiger partial charge in [0.2, 0.25) is 0 Å². The number of ether oxygens (including phenoxy) is 2. The maximum Gasteiger partial charge on any atom is 0.332 e. The number of urea groups is 1. The molecule has 0 heterocycles. The molecule has 0 saturated heterocycles. The first-order valence-electron chi connectivity index (χ1n) is 5.92. The van der Waals surface area contributed by atoms with Crippen molar-refractivity contribution in [1.29, 1.82) is 0 Å². The number of esters is 1. The van der Waals surface area contributed by atoms with Gasteiger partial charge in [-0.05, 0) is 23.8 Å². The van der Waals surface area contributed by atoms with E-state index in [1.165, 1.54) is 13.3 Å². The first-order chi connectivity index (χ1) is 9.43. The Balaban J connectivity index is 2.87. The third kappa shape index (κ3) is 4.60. The Hall–Kier alpha value is -2.57. The molecule has 2 amide bonds. The maximum atomic E-state index is 11.5. The lowest BCUT2D eigenvalue weighted by Crippen LogP contribution is -2.24. The van der Waals surface area contributed by atoms with Crippen molar-refractivity contribution in [3.8, 4) is 11.5 Å². The van der Waals surface area contributed by atoms with Crippen molar-refractivity contribution in [2.45, 2.75) is 13.8 Å². The van der Waals surface area contributed by atoms with E-state index < -0.39 is 6.03 Å². The number of hydrazone groups is 1. The van der Waals surface area contributed by atoms with Crippen LogP contribution in [0, 0.1) is 5.92 Å². The maximum absolute atomic E-state index is 11.5. The molecule has 1 aromatic rings. The van der Waals surface area contributed by atoms with Gasteiger partial charge in [0.05, 0.1) is 19.2 Å². The molecule has 0 aliphatic heterocycles. The number of amides is 2. The van der Waals surface area contributed by atoms with Crippen molar-refractivity contribution < 1.29 is 19.1 Å². The molecule has 20 heavy (non-hydrogen) atoms. The number of rotatable bonds is 5. The first kappa shape index (κ1) is 15.5. The quantitative estimate of drug-likeness (QED) is 0.366. The summed E-state index contributed by atoms with van der Waals surface area (Å²) >= 11 is 0. The van der Waals surface area contributed by atoms with Crippen LogP contribution >= 0.6 is 0 Å². The van der Waals surface area contributed by atoms with Crippen LogP contribution in [-0.4, -0.2) is 25.3 Å². The molecule has 0 spiro atoms. The third-order valence-corrected chi connectivity index (χ3v) is 2.26. The smallest absolute Gasteiger partial charge is 0.332 e. The molecule has 7 nitrogen and oxygen atoms in total. The molecule has 0 aliphatic rings. The Labute approximate surface area is 116 Å². The zero-order chi connectivity index (χ0) is 15.1. The summed E-state index contributed by atoms with van der Waals surface area (Å²) in [4.78, 5) is 22.0. The van der Waals surface area contributed by atoms with Gasteiger partial charge in [0.1, 0.15) is 0 Å². The summed E-state index contributed by atoms with van der Waals surface area (Å²) in [6, 6.07) is 4.12. The van der Waals surface area contributed by atoms with Gasteiger partial charge in [-0.1, -0.05) is 13.8 Å². The normalized spacial score (nSPS) is 10.6. The fourth-order valence-corrected chi connectivity index (χ4v) is 1.25. The van der Waals surface area contributed by atoms with Gasteiger partial charge in [-0.3, -0.25) is 4.79 Å². The van der Waals surface area contributed by atoms with Crippen molar-refractivity contribution >= 4 is 18.2 Å². The topological polar surface area (TPSA) is 103 Å². The summed E-state index contributed by atoms with van der Waals surface area (Å²) in [7, 11) is 1.46. The predicted molar refractivity (Wildman–Crippen MR) is 73.8 cm³/mol. The highest BCUT2D eigenvalue weighted by Crippen LogP contribution is 2.28. The third-order valence-electron chi connectivity index (χ3n) is 2.26. The van der Waals surface area contributed by atoms with Gasteiger partial charge in [0, 0.05) is 0 Å². The first-order valence-corrected chi connectivity index (χ1v) is 5.92. The van der Waals surface area contributed by atoms with Crippen molar-refractivity contribution in [3.63, 3.8) is 0 Å². The molecule has 1 aromatic carbocycles. The zero-order valence-electron chi connectivity index (χ0n) is 11.5. The average Bonchev–Trinajstić information content (AvgIpc) is 2.39. The average molecular weight is 279 g/mol. The molecule has 1 rings (SSSR count). The van der Waals surface area contributed by atoms with Crippen molar-refractivity contribution in [3.05, 3.63) is 23.8 Å². The molecule has 0 saturated carbocycles. The number of methoxy groups -OCH3 is 1. The van der Waals surface area contributed by atoms with Crippen molar-refractivity contribution in [1.82, 2.24) is 5.43 Å². The number of primary amides is 1. The second-order valence-electron chi connectivity index (χ2n) is 4.22. The lowest BCUT2D eigenvalue weighted by Gasteiger charge is -2.11. The lowest BCUT2D eigenvalue weighted by atomic mass is 10.2. The fraction of sp³-hybridized carbons (Fsp3) is 0.308. The molecule has 0 radical (unpaired) electrons. The minimum absolute atomic E-state index is 0.235. The van der Waals surface area contributed by atoms with Gasteiger partial charge in [-0.15, -0.1) is 0 Å². The largest absolute Gasteiger partial charge is 0.493 e. The number of hydrogen-bond acceptors (Lipinski definition) is 5. The van der Waals surface area contributed by atoms with E-state index in [2.05, 4.69) is 10.5 Å². The van der Waals surface area contributed by atoms with Crippen molar-refractivity contribution in [2.75, 3.05) is 7.11 Å². The number of carbonyl (C=O) groups is 2. The zero-order valence-corrected chi connectivity index (χ0v) is 11.5. The lowest BCUT2D eigenvalue weighted by molar-refractivity contribution is -0.137. The molecule has 0 bridgehead atoms. The van der Waals surface area contributed by atoms with E-state index in [9.17, 15) is 9.59 Å². The van der Waals surface area contributed by atoms with Crippen LogP contribution in [0.15, 0.2) is 23.3 Å². The Morgan fingerprint density at radius 3 is 2.60 bits per heavy atom. The van der Waals surface area contributed by atoms with E-state index in [0.717, 1.165) is 0 Å². The highest BCUT2D eigenvalue weighted by Gasteiger charge is 2.13. The highest BCUT2D eigenvalue weighted by atomic mass is 16.6. The molecule has 0 fully saturated rings. The number of benzene rings is 1. The van der Waals surface area contributed by atoms with Crippen LogP contribution in [-0.2, 0) is 4.79 Å². The number of carbonyl (C=O) groups excluding carboxylic acids is 2. The molecule has 108 valence electrons. The molecule has 0 aromatic heterocycles. The van der Waals surface area contributed by atoms with Gasteiger partial charge < -0.3 is 15.2 Å². The van der Waals surface area contributed by atoms with Crippen LogP contribution in [0.25, 0.3) is 0 Å². The Bertz CT molecular complexity index is 526. The monoisotopic (exact) mass is 279 g/mol. The number of nitrogens with zero attached hydrogens (tertiary/aromatic N) is 1. The SMILES string of the molecule is COc1cc(C=NNC(N)=O)ccc1OC(=O)C(C)C.